The first-order valence-electron chi connectivity index (χ1n) is 7.61. The Kier molecular flexibility index (Phi) is 8.13. The van der Waals surface area contributed by atoms with E-state index >= 15 is 0 Å². The summed E-state index contributed by atoms with van der Waals surface area (Å²) in [5.74, 6) is -1.22. The Hall–Kier alpha value is -1.68. The summed E-state index contributed by atoms with van der Waals surface area (Å²) in [5.41, 5.74) is 0.105. The Bertz CT molecular complexity index is 645. The van der Waals surface area contributed by atoms with Crippen LogP contribution in [0.2, 0.25) is 0 Å². The van der Waals surface area contributed by atoms with Gasteiger partial charge in [0.1, 0.15) is 4.90 Å². The van der Waals surface area contributed by atoms with Crippen molar-refractivity contribution < 1.29 is 28.2 Å². The second-order valence-electron chi connectivity index (χ2n) is 5.34. The van der Waals surface area contributed by atoms with E-state index in [0.717, 1.165) is 6.07 Å². The summed E-state index contributed by atoms with van der Waals surface area (Å²) in [7, 11) is -3.89. The van der Waals surface area contributed by atoms with Crippen molar-refractivity contribution in [3.05, 3.63) is 23.8 Å². The highest BCUT2D eigenvalue weighted by molar-refractivity contribution is 7.89. The van der Waals surface area contributed by atoms with Crippen LogP contribution in [0.15, 0.2) is 23.1 Å². The number of hydrogen-bond acceptors (Lipinski definition) is 6. The molecular weight excluding hydrogens is 336 g/mol. The van der Waals surface area contributed by atoms with E-state index in [-0.39, 0.29) is 41.9 Å². The van der Waals surface area contributed by atoms with Crippen molar-refractivity contribution in [2.75, 3.05) is 31.6 Å². The lowest BCUT2D eigenvalue weighted by atomic mass is 10.2. The molecular formula is C15H24N2O6S. The largest absolute Gasteiger partial charge is 0.478 e. The fourth-order valence-electron chi connectivity index (χ4n) is 1.89. The van der Waals surface area contributed by atoms with Gasteiger partial charge in [-0.15, -0.1) is 0 Å². The first kappa shape index (κ1) is 20.4. The van der Waals surface area contributed by atoms with E-state index in [0.29, 0.717) is 13.0 Å². The number of hydrogen-bond donors (Lipinski definition) is 4. The van der Waals surface area contributed by atoms with E-state index in [1.807, 2.05) is 13.8 Å². The van der Waals surface area contributed by atoms with Crippen LogP contribution in [0.3, 0.4) is 0 Å². The maximum atomic E-state index is 12.4. The standard InChI is InChI=1S/C15H24N2O6S/c1-11(2)23-9-3-6-17-24(21,22)14-10-12(15(19)20)4-5-13(14)16-7-8-18/h4-5,10-11,16-18H,3,6-9H2,1-2H3,(H,19,20). The van der Waals surface area contributed by atoms with Crippen molar-refractivity contribution in [2.24, 2.45) is 0 Å². The Morgan fingerprint density at radius 2 is 2.00 bits per heavy atom. The molecule has 0 aliphatic heterocycles. The van der Waals surface area contributed by atoms with E-state index in [4.69, 9.17) is 14.9 Å². The van der Waals surface area contributed by atoms with Crippen LogP contribution < -0.4 is 10.0 Å². The number of aliphatic hydroxyl groups is 1. The first-order chi connectivity index (χ1) is 11.3. The Labute approximate surface area is 141 Å². The van der Waals surface area contributed by atoms with Crippen LogP contribution in [0.4, 0.5) is 5.69 Å². The van der Waals surface area contributed by atoms with E-state index in [1.54, 1.807) is 0 Å². The third-order valence-electron chi connectivity index (χ3n) is 3.01. The SMILES string of the molecule is CC(C)OCCCNS(=O)(=O)c1cc(C(=O)O)ccc1NCCO. The molecule has 24 heavy (non-hydrogen) atoms. The summed E-state index contributed by atoms with van der Waals surface area (Å²) in [5, 5.41) is 20.7. The molecule has 1 aromatic rings. The van der Waals surface area contributed by atoms with Crippen LogP contribution >= 0.6 is 0 Å². The zero-order chi connectivity index (χ0) is 18.2. The van der Waals surface area contributed by atoms with Gasteiger partial charge in [0.25, 0.3) is 0 Å². The lowest BCUT2D eigenvalue weighted by Gasteiger charge is -2.14. The molecule has 0 radical (unpaired) electrons. The Morgan fingerprint density at radius 1 is 1.29 bits per heavy atom. The molecule has 4 N–H and O–H groups in total. The molecule has 9 heteroatoms. The maximum Gasteiger partial charge on any atom is 0.335 e. The number of anilines is 1. The molecule has 136 valence electrons. The molecule has 1 rings (SSSR count). The number of ether oxygens (including phenoxy) is 1. The molecule has 0 aromatic heterocycles. The molecule has 8 nitrogen and oxygen atoms in total. The number of aliphatic hydroxyl groups excluding tert-OH is 1. The van der Waals surface area contributed by atoms with Crippen LogP contribution in [-0.2, 0) is 14.8 Å². The minimum Gasteiger partial charge on any atom is -0.478 e. The van der Waals surface area contributed by atoms with Gasteiger partial charge in [0.05, 0.1) is 24.0 Å². The van der Waals surface area contributed by atoms with Gasteiger partial charge >= 0.3 is 5.97 Å². The predicted octanol–water partition coefficient (Wildman–Crippen LogP) is 0.882. The van der Waals surface area contributed by atoms with Crippen LogP contribution in [-0.4, -0.2) is 57.0 Å². The summed E-state index contributed by atoms with van der Waals surface area (Å²) in [4.78, 5) is 10.9. The number of nitrogens with one attached hydrogen (secondary N) is 2. The lowest BCUT2D eigenvalue weighted by Crippen LogP contribution is -2.27. The van der Waals surface area contributed by atoms with Gasteiger partial charge < -0.3 is 20.3 Å². The van der Waals surface area contributed by atoms with Gasteiger partial charge in [-0.05, 0) is 38.5 Å². The van der Waals surface area contributed by atoms with Gasteiger partial charge in [-0.1, -0.05) is 0 Å². The zero-order valence-corrected chi connectivity index (χ0v) is 14.6. The number of carbonyl (C=O) groups is 1. The topological polar surface area (TPSA) is 125 Å². The summed E-state index contributed by atoms with van der Waals surface area (Å²) < 4.78 is 32.6. The number of carboxylic acids is 1. The second-order valence-corrected chi connectivity index (χ2v) is 7.07. The fraction of sp³-hybridized carbons (Fsp3) is 0.533. The molecule has 1 aromatic carbocycles. The van der Waals surface area contributed by atoms with E-state index < -0.39 is 16.0 Å². The quantitative estimate of drug-likeness (QED) is 0.432. The summed E-state index contributed by atoms with van der Waals surface area (Å²) in [6, 6.07) is 3.77. The minimum atomic E-state index is -3.89. The van der Waals surface area contributed by atoms with Gasteiger partial charge in [-0.25, -0.2) is 17.9 Å². The third-order valence-corrected chi connectivity index (χ3v) is 4.51. The molecule has 0 atom stereocenters. The molecule has 0 unspecified atom stereocenters. The van der Waals surface area contributed by atoms with E-state index in [2.05, 4.69) is 10.0 Å². The van der Waals surface area contributed by atoms with Crippen LogP contribution in [0.5, 0.6) is 0 Å². The van der Waals surface area contributed by atoms with Crippen LogP contribution in [0.1, 0.15) is 30.6 Å². The maximum absolute atomic E-state index is 12.4. The smallest absolute Gasteiger partial charge is 0.335 e. The molecule has 0 aliphatic carbocycles. The Morgan fingerprint density at radius 3 is 2.58 bits per heavy atom. The number of aromatic carboxylic acids is 1. The lowest BCUT2D eigenvalue weighted by molar-refractivity contribution is 0.0696. The van der Waals surface area contributed by atoms with Gasteiger partial charge in [0, 0.05) is 19.7 Å². The highest BCUT2D eigenvalue weighted by Gasteiger charge is 2.20. The molecule has 0 amide bonds. The van der Waals surface area contributed by atoms with Gasteiger partial charge in [0.2, 0.25) is 10.0 Å². The molecule has 0 fully saturated rings. The number of benzene rings is 1. The first-order valence-corrected chi connectivity index (χ1v) is 9.09. The summed E-state index contributed by atoms with van der Waals surface area (Å²) in [6.45, 7) is 4.34. The van der Waals surface area contributed by atoms with E-state index in [1.165, 1.54) is 12.1 Å². The van der Waals surface area contributed by atoms with Crippen molar-refractivity contribution in [1.29, 1.82) is 0 Å². The average Bonchev–Trinajstić information content (AvgIpc) is 2.51. The third kappa shape index (κ3) is 6.44. The molecule has 0 spiro atoms. The highest BCUT2D eigenvalue weighted by Crippen LogP contribution is 2.23. The summed E-state index contributed by atoms with van der Waals surface area (Å²) >= 11 is 0. The normalized spacial score (nSPS) is 11.7. The Balaban J connectivity index is 2.89. The van der Waals surface area contributed by atoms with Crippen molar-refractivity contribution in [1.82, 2.24) is 4.72 Å². The second kappa shape index (κ2) is 9.58. The highest BCUT2D eigenvalue weighted by atomic mass is 32.2. The predicted molar refractivity (Wildman–Crippen MR) is 89.9 cm³/mol. The molecule has 0 aliphatic rings. The molecule has 0 heterocycles. The average molecular weight is 360 g/mol. The number of rotatable bonds is 11. The van der Waals surface area contributed by atoms with Crippen molar-refractivity contribution in [3.63, 3.8) is 0 Å². The molecule has 0 saturated carbocycles. The van der Waals surface area contributed by atoms with Gasteiger partial charge in [-0.2, -0.15) is 0 Å². The monoisotopic (exact) mass is 360 g/mol. The van der Waals surface area contributed by atoms with Crippen LogP contribution in [0.25, 0.3) is 0 Å². The van der Waals surface area contributed by atoms with Crippen molar-refractivity contribution in [3.8, 4) is 0 Å². The fourth-order valence-corrected chi connectivity index (χ4v) is 3.17. The number of carboxylic acid groups (broad SMARTS) is 1. The summed E-state index contributed by atoms with van der Waals surface area (Å²) in [6.07, 6.45) is 0.568. The number of sulfonamides is 1. The van der Waals surface area contributed by atoms with Crippen molar-refractivity contribution >= 4 is 21.7 Å². The van der Waals surface area contributed by atoms with Crippen LogP contribution in [0, 0.1) is 0 Å². The van der Waals surface area contributed by atoms with E-state index in [9.17, 15) is 13.2 Å². The van der Waals surface area contributed by atoms with Gasteiger partial charge in [0.15, 0.2) is 0 Å². The zero-order valence-electron chi connectivity index (χ0n) is 13.8. The van der Waals surface area contributed by atoms with Crippen molar-refractivity contribution in [2.45, 2.75) is 31.3 Å². The molecule has 0 saturated heterocycles. The molecule has 0 bridgehead atoms. The van der Waals surface area contributed by atoms with Gasteiger partial charge in [-0.3, -0.25) is 0 Å². The minimum absolute atomic E-state index is 0.0724.